The van der Waals surface area contributed by atoms with E-state index in [4.69, 9.17) is 13.9 Å². The average Bonchev–Trinajstić information content (AvgIpc) is 3.55. The van der Waals surface area contributed by atoms with Crippen LogP contribution in [0, 0.1) is 16.7 Å². The van der Waals surface area contributed by atoms with Crippen LogP contribution in [0.1, 0.15) is 57.9 Å². The number of aliphatic hydroxyl groups is 4. The van der Waals surface area contributed by atoms with Crippen molar-refractivity contribution in [3.05, 3.63) is 46.0 Å². The van der Waals surface area contributed by atoms with Gasteiger partial charge in [0.15, 0.2) is 0 Å². The van der Waals surface area contributed by atoms with Crippen molar-refractivity contribution >= 4 is 5.97 Å². The summed E-state index contributed by atoms with van der Waals surface area (Å²) in [6.07, 6.45) is 0.281. The molecular weight excluding hydrogens is 456 g/mol. The molecule has 4 aliphatic carbocycles. The predicted molar refractivity (Wildman–Crippen MR) is 120 cm³/mol. The standard InChI is InChI=1S/C26H32O9/c1-12(27)34-17-10-25(31)18(23(2)15(17)8-16(28)21-22(23)35-21)9-19(29)24(3)14(6-7-26(24,25)32)13-4-5-20(30)33-11-13/h4-5,8,11,14,16-19,21-22,28-29,31-32H,6-7,9-10H2,1-3H3/t14-,16-,17-,18-,19?,21+,22+,23+,24+,25+,26-/m1/s1. The molecule has 3 saturated carbocycles. The summed E-state index contributed by atoms with van der Waals surface area (Å²) in [4.78, 5) is 23.6. The maximum absolute atomic E-state index is 12.5. The molecule has 1 unspecified atom stereocenters. The van der Waals surface area contributed by atoms with E-state index in [-0.39, 0.29) is 25.2 Å². The van der Waals surface area contributed by atoms with Crippen LogP contribution in [0.15, 0.2) is 39.3 Å². The molecule has 0 bridgehead atoms. The third kappa shape index (κ3) is 2.71. The molecule has 0 spiro atoms. The van der Waals surface area contributed by atoms with Gasteiger partial charge < -0.3 is 34.3 Å². The second kappa shape index (κ2) is 7.04. The van der Waals surface area contributed by atoms with Crippen LogP contribution in [0.2, 0.25) is 0 Å². The van der Waals surface area contributed by atoms with Crippen LogP contribution in [0.3, 0.4) is 0 Å². The molecule has 11 atom stereocenters. The molecule has 190 valence electrons. The minimum Gasteiger partial charge on any atom is -0.458 e. The Morgan fingerprint density at radius 2 is 1.94 bits per heavy atom. The molecule has 2 heterocycles. The Labute approximate surface area is 202 Å². The minimum absolute atomic E-state index is 0.0574. The first-order chi connectivity index (χ1) is 16.4. The number of hydrogen-bond acceptors (Lipinski definition) is 9. The molecule has 4 fully saturated rings. The van der Waals surface area contributed by atoms with Crippen LogP contribution in [0.25, 0.3) is 0 Å². The Morgan fingerprint density at radius 1 is 1.20 bits per heavy atom. The molecule has 0 aromatic carbocycles. The van der Waals surface area contributed by atoms with Crippen LogP contribution >= 0.6 is 0 Å². The number of carbonyl (C=O) groups excluding carboxylic acids is 1. The summed E-state index contributed by atoms with van der Waals surface area (Å²) in [6.45, 7) is 4.99. The zero-order chi connectivity index (χ0) is 25.1. The lowest BCUT2D eigenvalue weighted by molar-refractivity contribution is -0.308. The fourth-order valence-corrected chi connectivity index (χ4v) is 8.53. The van der Waals surface area contributed by atoms with Gasteiger partial charge in [0.05, 0.1) is 18.5 Å². The van der Waals surface area contributed by atoms with E-state index < -0.39 is 70.1 Å². The maximum Gasteiger partial charge on any atom is 0.335 e. The third-order valence-corrected chi connectivity index (χ3v) is 10.3. The topological polar surface area (TPSA) is 150 Å². The first-order valence-electron chi connectivity index (χ1n) is 12.3. The average molecular weight is 489 g/mol. The smallest absolute Gasteiger partial charge is 0.335 e. The quantitative estimate of drug-likeness (QED) is 0.269. The van der Waals surface area contributed by atoms with Crippen LogP contribution in [-0.2, 0) is 14.3 Å². The van der Waals surface area contributed by atoms with E-state index in [2.05, 4.69) is 0 Å². The Balaban J connectivity index is 1.50. The van der Waals surface area contributed by atoms with Crippen molar-refractivity contribution in [2.75, 3.05) is 0 Å². The Bertz CT molecular complexity index is 1160. The Morgan fingerprint density at radius 3 is 2.60 bits per heavy atom. The van der Waals surface area contributed by atoms with Crippen LogP contribution in [0.4, 0.5) is 0 Å². The van der Waals surface area contributed by atoms with E-state index in [1.54, 1.807) is 19.1 Å². The van der Waals surface area contributed by atoms with Gasteiger partial charge in [-0.2, -0.15) is 0 Å². The number of fused-ring (bicyclic) bond motifs is 7. The molecule has 9 nitrogen and oxygen atoms in total. The van der Waals surface area contributed by atoms with Gasteiger partial charge in [-0.05, 0) is 48.5 Å². The molecule has 1 aromatic heterocycles. The highest BCUT2D eigenvalue weighted by molar-refractivity contribution is 5.67. The summed E-state index contributed by atoms with van der Waals surface area (Å²) in [5.41, 5.74) is -4.59. The summed E-state index contributed by atoms with van der Waals surface area (Å²) in [5.74, 6) is -1.49. The van der Waals surface area contributed by atoms with Gasteiger partial charge in [-0.15, -0.1) is 0 Å². The van der Waals surface area contributed by atoms with Gasteiger partial charge in [-0.3, -0.25) is 4.79 Å². The maximum atomic E-state index is 12.5. The second-order valence-corrected chi connectivity index (χ2v) is 11.6. The molecule has 0 radical (unpaired) electrons. The first kappa shape index (κ1) is 23.4. The normalized spacial score (nSPS) is 51.9. The van der Waals surface area contributed by atoms with Gasteiger partial charge >= 0.3 is 11.6 Å². The van der Waals surface area contributed by atoms with Gasteiger partial charge in [0.25, 0.3) is 0 Å². The summed E-state index contributed by atoms with van der Waals surface area (Å²) in [7, 11) is 0. The zero-order valence-corrected chi connectivity index (χ0v) is 20.0. The SMILES string of the molecule is CC(=O)O[C@@H]1C[C@]2(O)[C@H](CC(O)[C@]3(C)[C@@H](c4ccc(=O)oc4)CC[C@]23O)[C@]2(C)C1=C[C@@H](O)[C@@H]1O[C@@H]12. The number of hydrogen-bond donors (Lipinski definition) is 4. The van der Waals surface area contributed by atoms with Crippen LogP contribution in [0.5, 0.6) is 0 Å². The number of rotatable bonds is 2. The van der Waals surface area contributed by atoms with Crippen molar-refractivity contribution < 1.29 is 39.1 Å². The number of epoxide rings is 1. The van der Waals surface area contributed by atoms with E-state index in [9.17, 15) is 30.0 Å². The number of ether oxygens (including phenoxy) is 2. The lowest BCUT2D eigenvalue weighted by Gasteiger charge is -2.67. The molecule has 1 aliphatic heterocycles. The van der Waals surface area contributed by atoms with Crippen molar-refractivity contribution in [2.24, 2.45) is 16.7 Å². The number of carbonyl (C=O) groups is 1. The van der Waals surface area contributed by atoms with E-state index in [0.717, 1.165) is 0 Å². The van der Waals surface area contributed by atoms with Crippen molar-refractivity contribution in [3.8, 4) is 0 Å². The van der Waals surface area contributed by atoms with Crippen molar-refractivity contribution in [1.82, 2.24) is 0 Å². The van der Waals surface area contributed by atoms with E-state index in [1.165, 1.54) is 19.3 Å². The highest BCUT2D eigenvalue weighted by atomic mass is 16.6. The van der Waals surface area contributed by atoms with Crippen LogP contribution in [-0.4, -0.2) is 68.1 Å². The highest BCUT2D eigenvalue weighted by Crippen LogP contribution is 2.73. The number of aliphatic hydroxyl groups excluding tert-OH is 2. The molecule has 35 heavy (non-hydrogen) atoms. The summed E-state index contributed by atoms with van der Waals surface area (Å²) >= 11 is 0. The Kier molecular flexibility index (Phi) is 4.70. The van der Waals surface area contributed by atoms with Gasteiger partial charge in [0.1, 0.15) is 29.5 Å². The second-order valence-electron chi connectivity index (χ2n) is 11.6. The van der Waals surface area contributed by atoms with Gasteiger partial charge in [0, 0.05) is 36.2 Å². The fourth-order valence-electron chi connectivity index (χ4n) is 8.53. The highest BCUT2D eigenvalue weighted by Gasteiger charge is 2.80. The zero-order valence-electron chi connectivity index (χ0n) is 20.0. The van der Waals surface area contributed by atoms with Crippen LogP contribution < -0.4 is 5.63 Å². The molecular formula is C26H32O9. The molecule has 0 amide bonds. The van der Waals surface area contributed by atoms with Gasteiger partial charge in [-0.25, -0.2) is 4.79 Å². The monoisotopic (exact) mass is 488 g/mol. The van der Waals surface area contributed by atoms with E-state index in [0.29, 0.717) is 17.6 Å². The van der Waals surface area contributed by atoms with Gasteiger partial charge in [-0.1, -0.05) is 13.8 Å². The van der Waals surface area contributed by atoms with E-state index >= 15 is 0 Å². The molecule has 4 N–H and O–H groups in total. The first-order valence-corrected chi connectivity index (χ1v) is 12.3. The molecule has 6 rings (SSSR count). The third-order valence-electron chi connectivity index (χ3n) is 10.3. The summed E-state index contributed by atoms with van der Waals surface area (Å²) in [5, 5.41) is 47.1. The van der Waals surface area contributed by atoms with Gasteiger partial charge in [0.2, 0.25) is 0 Å². The summed E-state index contributed by atoms with van der Waals surface area (Å²) in [6, 6.07) is 2.96. The van der Waals surface area contributed by atoms with E-state index in [1.807, 2.05) is 6.92 Å². The molecule has 5 aliphatic rings. The number of esters is 1. The summed E-state index contributed by atoms with van der Waals surface area (Å²) < 4.78 is 16.6. The molecule has 1 aromatic rings. The minimum atomic E-state index is -1.73. The predicted octanol–water partition coefficient (Wildman–Crippen LogP) is 0.776. The largest absolute Gasteiger partial charge is 0.458 e. The van der Waals surface area contributed by atoms with Crippen molar-refractivity contribution in [1.29, 1.82) is 0 Å². The van der Waals surface area contributed by atoms with Crippen molar-refractivity contribution in [2.45, 2.75) is 94.1 Å². The Hall–Kier alpha value is -2.04. The molecule has 9 heteroatoms. The lowest BCUT2D eigenvalue weighted by atomic mass is 9.41. The molecule has 1 saturated heterocycles. The fraction of sp³-hybridized carbons (Fsp3) is 0.692. The van der Waals surface area contributed by atoms with Crippen molar-refractivity contribution in [3.63, 3.8) is 0 Å². The lowest BCUT2D eigenvalue weighted by Crippen LogP contribution is -2.77.